The number of carbonyl (C=O) groups is 1. The number of sulfonamides is 1. The second-order valence-electron chi connectivity index (χ2n) is 7.57. The highest BCUT2D eigenvalue weighted by atomic mass is 32.2. The largest absolute Gasteiger partial charge is 0.495 e. The topological polar surface area (TPSA) is 84.5 Å². The standard InChI is InChI=1S/C23H32N2O4S/c1-7-18(8-2)17(5)25-30(27,28)22-13-16(4)20(14-21(22)29-6)24-23(26)19-12-10-9-11-15(19)3/h9-14,17-18,25H,7-8H2,1-6H3,(H,24,26)/t17-/m1/s1. The van der Waals surface area contributed by atoms with Gasteiger partial charge in [-0.15, -0.1) is 0 Å². The van der Waals surface area contributed by atoms with E-state index in [0.717, 1.165) is 18.4 Å². The molecule has 6 nitrogen and oxygen atoms in total. The SMILES string of the molecule is CCC(CC)[C@@H](C)NS(=O)(=O)c1cc(C)c(NC(=O)c2ccccc2C)cc1OC. The molecule has 0 fully saturated rings. The van der Waals surface area contributed by atoms with Gasteiger partial charge in [0.05, 0.1) is 7.11 Å². The van der Waals surface area contributed by atoms with Crippen LogP contribution in [0.2, 0.25) is 0 Å². The van der Waals surface area contributed by atoms with E-state index in [1.807, 2.05) is 26.0 Å². The number of benzene rings is 2. The fourth-order valence-electron chi connectivity index (χ4n) is 3.58. The zero-order valence-electron chi connectivity index (χ0n) is 18.6. The molecule has 0 radical (unpaired) electrons. The Morgan fingerprint density at radius 1 is 1.07 bits per heavy atom. The molecule has 164 valence electrons. The summed E-state index contributed by atoms with van der Waals surface area (Å²) < 4.78 is 34.2. The predicted molar refractivity (Wildman–Crippen MR) is 121 cm³/mol. The molecular weight excluding hydrogens is 400 g/mol. The van der Waals surface area contributed by atoms with E-state index in [4.69, 9.17) is 4.74 Å². The van der Waals surface area contributed by atoms with Crippen LogP contribution in [0.5, 0.6) is 5.75 Å². The van der Waals surface area contributed by atoms with E-state index in [1.165, 1.54) is 13.2 Å². The minimum Gasteiger partial charge on any atom is -0.495 e. The fraction of sp³-hybridized carbons (Fsp3) is 0.435. The van der Waals surface area contributed by atoms with Gasteiger partial charge in [0.1, 0.15) is 10.6 Å². The van der Waals surface area contributed by atoms with E-state index in [-0.39, 0.29) is 28.5 Å². The zero-order valence-corrected chi connectivity index (χ0v) is 19.4. The van der Waals surface area contributed by atoms with Crippen molar-refractivity contribution in [1.82, 2.24) is 4.72 Å². The fourth-order valence-corrected chi connectivity index (χ4v) is 5.13. The number of hydrogen-bond acceptors (Lipinski definition) is 4. The minimum atomic E-state index is -3.78. The van der Waals surface area contributed by atoms with Gasteiger partial charge in [0.15, 0.2) is 0 Å². The smallest absolute Gasteiger partial charge is 0.255 e. The number of hydrogen-bond donors (Lipinski definition) is 2. The summed E-state index contributed by atoms with van der Waals surface area (Å²) in [6.45, 7) is 9.61. The Labute approximate surface area is 180 Å². The summed E-state index contributed by atoms with van der Waals surface area (Å²) in [6.07, 6.45) is 1.78. The minimum absolute atomic E-state index is 0.0641. The zero-order chi connectivity index (χ0) is 22.5. The van der Waals surface area contributed by atoms with Crippen molar-refractivity contribution in [3.05, 3.63) is 53.1 Å². The van der Waals surface area contributed by atoms with Crippen molar-refractivity contribution in [2.24, 2.45) is 5.92 Å². The average Bonchev–Trinajstić information content (AvgIpc) is 2.69. The van der Waals surface area contributed by atoms with Crippen molar-refractivity contribution in [2.75, 3.05) is 12.4 Å². The number of anilines is 1. The summed E-state index contributed by atoms with van der Waals surface area (Å²) in [4.78, 5) is 12.7. The lowest BCUT2D eigenvalue weighted by atomic mass is 9.96. The molecule has 0 heterocycles. The van der Waals surface area contributed by atoms with Crippen molar-refractivity contribution in [2.45, 2.75) is 58.4 Å². The second-order valence-corrected chi connectivity index (χ2v) is 9.26. The number of nitrogens with one attached hydrogen (secondary N) is 2. The maximum atomic E-state index is 13.0. The quantitative estimate of drug-likeness (QED) is 0.603. The van der Waals surface area contributed by atoms with Gasteiger partial charge in [-0.1, -0.05) is 44.9 Å². The lowest BCUT2D eigenvalue weighted by molar-refractivity contribution is 0.102. The van der Waals surface area contributed by atoms with Crippen molar-refractivity contribution in [3.63, 3.8) is 0 Å². The molecule has 2 N–H and O–H groups in total. The summed E-state index contributed by atoms with van der Waals surface area (Å²) in [5, 5.41) is 2.86. The number of amides is 1. The lowest BCUT2D eigenvalue weighted by Crippen LogP contribution is -2.37. The summed E-state index contributed by atoms with van der Waals surface area (Å²) in [6, 6.07) is 10.2. The van der Waals surface area contributed by atoms with Gasteiger partial charge in [-0.05, 0) is 49.9 Å². The predicted octanol–water partition coefficient (Wildman–Crippen LogP) is 4.67. The first-order chi connectivity index (χ1) is 14.1. The molecule has 7 heteroatoms. The Morgan fingerprint density at radius 2 is 1.70 bits per heavy atom. The molecule has 0 aliphatic heterocycles. The summed E-state index contributed by atoms with van der Waals surface area (Å²) in [7, 11) is -2.36. The van der Waals surface area contributed by atoms with Gasteiger partial charge >= 0.3 is 0 Å². The Hall–Kier alpha value is -2.38. The van der Waals surface area contributed by atoms with Crippen LogP contribution in [0.1, 0.15) is 55.1 Å². The van der Waals surface area contributed by atoms with Crippen LogP contribution in [0, 0.1) is 19.8 Å². The van der Waals surface area contributed by atoms with Crippen LogP contribution < -0.4 is 14.8 Å². The molecule has 0 aliphatic rings. The van der Waals surface area contributed by atoms with Gasteiger partial charge < -0.3 is 10.1 Å². The third kappa shape index (κ3) is 5.40. The van der Waals surface area contributed by atoms with Gasteiger partial charge in [-0.25, -0.2) is 13.1 Å². The van der Waals surface area contributed by atoms with E-state index < -0.39 is 10.0 Å². The Balaban J connectivity index is 2.35. The molecule has 2 aromatic rings. The highest BCUT2D eigenvalue weighted by molar-refractivity contribution is 7.89. The normalized spacial score (nSPS) is 12.6. The first-order valence-corrected chi connectivity index (χ1v) is 11.7. The summed E-state index contributed by atoms with van der Waals surface area (Å²) >= 11 is 0. The van der Waals surface area contributed by atoms with Crippen molar-refractivity contribution in [3.8, 4) is 5.75 Å². The maximum Gasteiger partial charge on any atom is 0.255 e. The van der Waals surface area contributed by atoms with Crippen LogP contribution in [-0.2, 0) is 10.0 Å². The number of aryl methyl sites for hydroxylation is 2. The molecule has 1 atom stereocenters. The molecule has 2 rings (SSSR count). The highest BCUT2D eigenvalue weighted by Crippen LogP contribution is 2.31. The third-order valence-electron chi connectivity index (χ3n) is 5.53. The van der Waals surface area contributed by atoms with E-state index in [9.17, 15) is 13.2 Å². The van der Waals surface area contributed by atoms with Crippen LogP contribution in [0.15, 0.2) is 41.3 Å². The lowest BCUT2D eigenvalue weighted by Gasteiger charge is -2.23. The van der Waals surface area contributed by atoms with Crippen LogP contribution in [0.3, 0.4) is 0 Å². The molecular formula is C23H32N2O4S. The monoisotopic (exact) mass is 432 g/mol. The number of carbonyl (C=O) groups excluding carboxylic acids is 1. The second kappa shape index (κ2) is 10.1. The van der Waals surface area contributed by atoms with Crippen LogP contribution in [-0.4, -0.2) is 27.5 Å². The summed E-state index contributed by atoms with van der Waals surface area (Å²) in [5.41, 5.74) is 2.56. The van der Waals surface area contributed by atoms with E-state index in [1.54, 1.807) is 25.1 Å². The molecule has 0 saturated carbocycles. The third-order valence-corrected chi connectivity index (χ3v) is 7.12. The Bertz CT molecular complexity index is 998. The molecule has 0 aliphatic carbocycles. The first-order valence-electron chi connectivity index (χ1n) is 10.2. The number of rotatable bonds is 9. The van der Waals surface area contributed by atoms with E-state index in [2.05, 4.69) is 23.9 Å². The average molecular weight is 433 g/mol. The molecule has 0 aromatic heterocycles. The van der Waals surface area contributed by atoms with Crippen LogP contribution in [0.4, 0.5) is 5.69 Å². The van der Waals surface area contributed by atoms with Crippen molar-refractivity contribution >= 4 is 21.6 Å². The van der Waals surface area contributed by atoms with Crippen LogP contribution >= 0.6 is 0 Å². The maximum absolute atomic E-state index is 13.0. The molecule has 2 aromatic carbocycles. The van der Waals surface area contributed by atoms with E-state index >= 15 is 0 Å². The summed E-state index contributed by atoms with van der Waals surface area (Å²) in [5.74, 6) is 0.179. The Kier molecular flexibility index (Phi) is 8.03. The van der Waals surface area contributed by atoms with Gasteiger partial charge in [0.2, 0.25) is 10.0 Å². The van der Waals surface area contributed by atoms with E-state index in [0.29, 0.717) is 16.8 Å². The number of methoxy groups -OCH3 is 1. The van der Waals surface area contributed by atoms with Gasteiger partial charge in [-0.2, -0.15) is 0 Å². The molecule has 30 heavy (non-hydrogen) atoms. The highest BCUT2D eigenvalue weighted by Gasteiger charge is 2.26. The number of ether oxygens (including phenoxy) is 1. The molecule has 0 spiro atoms. The Morgan fingerprint density at radius 3 is 2.27 bits per heavy atom. The van der Waals surface area contributed by atoms with Crippen molar-refractivity contribution in [1.29, 1.82) is 0 Å². The molecule has 1 amide bonds. The van der Waals surface area contributed by atoms with Gasteiger partial charge in [0, 0.05) is 23.4 Å². The van der Waals surface area contributed by atoms with Gasteiger partial charge in [-0.3, -0.25) is 4.79 Å². The molecule has 0 bridgehead atoms. The van der Waals surface area contributed by atoms with Crippen molar-refractivity contribution < 1.29 is 17.9 Å². The molecule has 0 unspecified atom stereocenters. The first kappa shape index (κ1) is 23.9. The molecule has 0 saturated heterocycles. The van der Waals surface area contributed by atoms with Crippen LogP contribution in [0.25, 0.3) is 0 Å². The van der Waals surface area contributed by atoms with Gasteiger partial charge in [0.25, 0.3) is 5.91 Å².